The zero-order valence-corrected chi connectivity index (χ0v) is 12.6. The number of nitrogens with zero attached hydrogens (tertiary/aromatic N) is 1. The average molecular weight is 278 g/mol. The van der Waals surface area contributed by atoms with Crippen molar-refractivity contribution in [3.63, 3.8) is 0 Å². The normalized spacial score (nSPS) is 27.9. The third-order valence-corrected chi connectivity index (χ3v) is 4.64. The second-order valence-corrected chi connectivity index (χ2v) is 6.30. The van der Waals surface area contributed by atoms with Crippen LogP contribution in [0.4, 0.5) is 0 Å². The van der Waals surface area contributed by atoms with Gasteiger partial charge in [0.05, 0.1) is 18.9 Å². The first-order valence-corrected chi connectivity index (χ1v) is 7.80. The first kappa shape index (κ1) is 14.1. The van der Waals surface area contributed by atoms with E-state index in [-0.39, 0.29) is 0 Å². The van der Waals surface area contributed by atoms with E-state index >= 15 is 0 Å². The Bertz CT molecular complexity index is 428. The number of piperidine rings is 1. The van der Waals surface area contributed by atoms with Crippen molar-refractivity contribution < 1.29 is 9.15 Å². The number of hydrogen-bond donors (Lipinski definition) is 1. The number of methoxy groups -OCH3 is 1. The Balaban J connectivity index is 1.55. The third-order valence-electron chi connectivity index (χ3n) is 4.64. The van der Waals surface area contributed by atoms with Crippen LogP contribution in [-0.4, -0.2) is 37.2 Å². The van der Waals surface area contributed by atoms with Gasteiger partial charge in [0, 0.05) is 31.8 Å². The first-order chi connectivity index (χ1) is 9.76. The highest BCUT2D eigenvalue weighted by Crippen LogP contribution is 2.23. The highest BCUT2D eigenvalue weighted by atomic mass is 16.5. The van der Waals surface area contributed by atoms with E-state index in [1.54, 1.807) is 0 Å². The van der Waals surface area contributed by atoms with Crippen LogP contribution in [0.1, 0.15) is 37.5 Å². The number of hydrogen-bond acceptors (Lipinski definition) is 4. The van der Waals surface area contributed by atoms with Gasteiger partial charge >= 0.3 is 0 Å². The topological polar surface area (TPSA) is 37.6 Å². The molecule has 112 valence electrons. The summed E-state index contributed by atoms with van der Waals surface area (Å²) >= 11 is 0. The molecule has 2 atom stereocenters. The molecule has 4 nitrogen and oxygen atoms in total. The van der Waals surface area contributed by atoms with E-state index < -0.39 is 0 Å². The molecule has 1 aliphatic heterocycles. The summed E-state index contributed by atoms with van der Waals surface area (Å²) in [5.74, 6) is 1.77. The van der Waals surface area contributed by atoms with Crippen LogP contribution < -0.4 is 5.32 Å². The summed E-state index contributed by atoms with van der Waals surface area (Å²) in [7, 11) is 1.82. The predicted molar refractivity (Wildman–Crippen MR) is 78.4 cm³/mol. The molecule has 3 rings (SSSR count). The van der Waals surface area contributed by atoms with Crippen LogP contribution in [0.5, 0.6) is 0 Å². The van der Waals surface area contributed by atoms with E-state index in [1.807, 2.05) is 13.4 Å². The fraction of sp³-hybridized carbons (Fsp3) is 0.750. The van der Waals surface area contributed by atoms with Gasteiger partial charge in [-0.25, -0.2) is 0 Å². The molecule has 2 unspecified atom stereocenters. The molecule has 0 aromatic carbocycles. The van der Waals surface area contributed by atoms with Crippen molar-refractivity contribution in [3.8, 4) is 0 Å². The van der Waals surface area contributed by atoms with E-state index in [4.69, 9.17) is 9.15 Å². The van der Waals surface area contributed by atoms with Gasteiger partial charge in [0.15, 0.2) is 0 Å². The Morgan fingerprint density at radius 3 is 3.00 bits per heavy atom. The summed E-state index contributed by atoms with van der Waals surface area (Å²) in [5.41, 5.74) is 1.31. The largest absolute Gasteiger partial charge is 0.468 e. The van der Waals surface area contributed by atoms with Gasteiger partial charge in [-0.3, -0.25) is 4.90 Å². The highest BCUT2D eigenvalue weighted by Gasteiger charge is 2.27. The lowest BCUT2D eigenvalue weighted by Crippen LogP contribution is -2.43. The maximum atomic E-state index is 5.69. The van der Waals surface area contributed by atoms with Crippen molar-refractivity contribution in [3.05, 3.63) is 23.7 Å². The Morgan fingerprint density at radius 2 is 2.25 bits per heavy atom. The van der Waals surface area contributed by atoms with Crippen molar-refractivity contribution >= 4 is 0 Å². The molecule has 2 heterocycles. The van der Waals surface area contributed by atoms with E-state index in [1.165, 1.54) is 24.8 Å². The Labute approximate surface area is 121 Å². The zero-order chi connectivity index (χ0) is 13.9. The predicted octanol–water partition coefficient (Wildman–Crippen LogP) is 2.39. The second-order valence-electron chi connectivity index (χ2n) is 6.30. The molecule has 0 amide bonds. The molecular formula is C16H26N2O2. The van der Waals surface area contributed by atoms with Crippen LogP contribution in [0, 0.1) is 5.92 Å². The van der Waals surface area contributed by atoms with Crippen molar-refractivity contribution in [1.82, 2.24) is 10.2 Å². The number of furan rings is 1. The molecule has 2 aliphatic rings. The minimum absolute atomic E-state index is 0.353. The van der Waals surface area contributed by atoms with Crippen LogP contribution in [0.25, 0.3) is 0 Å². The molecule has 1 aliphatic carbocycles. The van der Waals surface area contributed by atoms with Gasteiger partial charge < -0.3 is 14.5 Å². The summed E-state index contributed by atoms with van der Waals surface area (Å²) in [6.45, 7) is 6.27. The second kappa shape index (κ2) is 6.29. The van der Waals surface area contributed by atoms with E-state index in [9.17, 15) is 0 Å². The molecule has 1 N–H and O–H groups in total. The van der Waals surface area contributed by atoms with Crippen LogP contribution in [0.15, 0.2) is 16.7 Å². The summed E-state index contributed by atoms with van der Waals surface area (Å²) in [6, 6.07) is 2.84. The van der Waals surface area contributed by atoms with Crippen molar-refractivity contribution in [2.45, 2.75) is 51.4 Å². The zero-order valence-electron chi connectivity index (χ0n) is 12.6. The summed E-state index contributed by atoms with van der Waals surface area (Å²) < 4.78 is 11.3. The Hall–Kier alpha value is -0.840. The maximum Gasteiger partial charge on any atom is 0.122 e. The van der Waals surface area contributed by atoms with Crippen molar-refractivity contribution in [2.75, 3.05) is 20.2 Å². The van der Waals surface area contributed by atoms with E-state index in [2.05, 4.69) is 23.2 Å². The molecule has 1 saturated heterocycles. The van der Waals surface area contributed by atoms with Crippen LogP contribution >= 0.6 is 0 Å². The van der Waals surface area contributed by atoms with E-state index in [0.717, 1.165) is 38.0 Å². The number of ether oxygens (including phenoxy) is 1. The van der Waals surface area contributed by atoms with Gasteiger partial charge in [0.2, 0.25) is 0 Å². The molecule has 1 saturated carbocycles. The molecule has 20 heavy (non-hydrogen) atoms. The minimum Gasteiger partial charge on any atom is -0.468 e. The quantitative estimate of drug-likeness (QED) is 0.867. The van der Waals surface area contributed by atoms with Crippen LogP contribution in [0.2, 0.25) is 0 Å². The summed E-state index contributed by atoms with van der Waals surface area (Å²) in [6.07, 6.45) is 6.03. The highest BCUT2D eigenvalue weighted by molar-refractivity contribution is 5.17. The minimum atomic E-state index is 0.353. The van der Waals surface area contributed by atoms with Gasteiger partial charge in [-0.05, 0) is 37.8 Å². The molecule has 0 radical (unpaired) electrons. The lowest BCUT2D eigenvalue weighted by atomic mass is 9.95. The molecular weight excluding hydrogens is 252 g/mol. The monoisotopic (exact) mass is 278 g/mol. The standard InChI is InChI=1S/C16H26N2O2/c1-12-5-7-18(10-15(12)19-2)11-16-13(6-8-20-16)9-17-14-3-4-14/h6,8,12,14-15,17H,3-5,7,9-11H2,1-2H3. The maximum absolute atomic E-state index is 5.69. The average Bonchev–Trinajstić information content (AvgIpc) is 3.19. The molecule has 4 heteroatoms. The smallest absolute Gasteiger partial charge is 0.122 e. The lowest BCUT2D eigenvalue weighted by molar-refractivity contribution is -0.00927. The Kier molecular flexibility index (Phi) is 4.44. The van der Waals surface area contributed by atoms with Crippen LogP contribution in [0.3, 0.4) is 0 Å². The van der Waals surface area contributed by atoms with Gasteiger partial charge in [-0.1, -0.05) is 6.92 Å². The Morgan fingerprint density at radius 1 is 1.40 bits per heavy atom. The lowest BCUT2D eigenvalue weighted by Gasteiger charge is -2.35. The fourth-order valence-corrected chi connectivity index (χ4v) is 2.96. The molecule has 2 fully saturated rings. The number of nitrogens with one attached hydrogen (secondary N) is 1. The SMILES string of the molecule is COC1CN(Cc2occc2CNC2CC2)CCC1C. The molecule has 1 aromatic rings. The van der Waals surface area contributed by atoms with E-state index in [0.29, 0.717) is 12.0 Å². The molecule has 0 spiro atoms. The third kappa shape index (κ3) is 3.43. The van der Waals surface area contributed by atoms with Crippen molar-refractivity contribution in [2.24, 2.45) is 5.92 Å². The summed E-state index contributed by atoms with van der Waals surface area (Å²) in [4.78, 5) is 2.45. The molecule has 0 bridgehead atoms. The molecule has 1 aromatic heterocycles. The van der Waals surface area contributed by atoms with Crippen LogP contribution in [-0.2, 0) is 17.8 Å². The van der Waals surface area contributed by atoms with Gasteiger partial charge in [-0.15, -0.1) is 0 Å². The number of rotatable bonds is 6. The summed E-state index contributed by atoms with van der Waals surface area (Å²) in [5, 5.41) is 3.56. The van der Waals surface area contributed by atoms with Gasteiger partial charge in [-0.2, -0.15) is 0 Å². The van der Waals surface area contributed by atoms with Gasteiger partial charge in [0.25, 0.3) is 0 Å². The fourth-order valence-electron chi connectivity index (χ4n) is 2.96. The number of likely N-dealkylation sites (tertiary alicyclic amines) is 1. The van der Waals surface area contributed by atoms with Crippen molar-refractivity contribution in [1.29, 1.82) is 0 Å². The van der Waals surface area contributed by atoms with Gasteiger partial charge in [0.1, 0.15) is 5.76 Å². The first-order valence-electron chi connectivity index (χ1n) is 7.80.